The maximum absolute atomic E-state index is 14.8. The fourth-order valence-corrected chi connectivity index (χ4v) is 15.0. The molecule has 0 saturated carbocycles. The minimum Gasteiger partial charge on any atom is -0.756 e. The molecule has 2 saturated heterocycles. The Morgan fingerprint density at radius 3 is 1.14 bits per heavy atom. The fraction of sp³-hybridized carbons (Fsp3) is 0.939. The molecule has 2 aliphatic heterocycles. The zero-order valence-corrected chi connectivity index (χ0v) is 68.5. The van der Waals surface area contributed by atoms with Crippen molar-refractivity contribution < 1.29 is 96.8 Å². The third-order valence-electron chi connectivity index (χ3n) is 20.8. The summed E-state index contributed by atoms with van der Waals surface area (Å²) in [6.07, 6.45) is 34.0. The van der Waals surface area contributed by atoms with Crippen LogP contribution in [0.15, 0.2) is 0 Å². The van der Waals surface area contributed by atoms with Gasteiger partial charge in [0.2, 0.25) is 11.8 Å². The Hall–Kier alpha value is -2.90. The second-order valence-corrected chi connectivity index (χ2v) is 31.8. The molecular formula is C82H158N3O20P. The molecule has 23 nitrogen and oxygen atoms in total. The number of nitrogens with one attached hydrogen (secondary N) is 2. The Labute approximate surface area is 641 Å². The molecule has 106 heavy (non-hydrogen) atoms. The second kappa shape index (κ2) is 66.7. The Morgan fingerprint density at radius 2 is 0.764 bits per heavy atom. The number of aliphatic hydroxyl groups excluding tert-OH is 5. The lowest BCUT2D eigenvalue weighted by molar-refractivity contribution is -0.304. The molecule has 2 amide bonds. The molecule has 0 aliphatic carbocycles. The van der Waals surface area contributed by atoms with E-state index in [4.69, 9.17) is 32.9 Å². The molecule has 0 aromatic rings. The van der Waals surface area contributed by atoms with E-state index in [1.807, 2.05) is 0 Å². The molecule has 12 N–H and O–H groups in total. The Bertz CT molecular complexity index is 2190. The fourth-order valence-electron chi connectivity index (χ4n) is 14.4. The molecule has 2 heterocycles. The number of unbranched alkanes of at least 4 members (excludes halogenated alkanes) is 44. The van der Waals surface area contributed by atoms with Gasteiger partial charge in [-0.15, -0.1) is 0 Å². The number of quaternary nitrogens is 1. The van der Waals surface area contributed by atoms with Crippen LogP contribution >= 0.6 is 7.82 Å². The quantitative estimate of drug-likeness (QED) is 0.0118. The van der Waals surface area contributed by atoms with Gasteiger partial charge in [-0.3, -0.25) is 28.5 Å². The summed E-state index contributed by atoms with van der Waals surface area (Å²) in [6, 6.07) is -3.35. The van der Waals surface area contributed by atoms with Crippen molar-refractivity contribution in [2.45, 2.75) is 480 Å². The van der Waals surface area contributed by atoms with Crippen molar-refractivity contribution in [2.24, 2.45) is 0 Å². The van der Waals surface area contributed by atoms with Crippen molar-refractivity contribution in [3.63, 3.8) is 0 Å². The van der Waals surface area contributed by atoms with Crippen molar-refractivity contribution in [3.8, 4) is 0 Å². The first-order chi connectivity index (χ1) is 50.8. The zero-order chi connectivity index (χ0) is 77.0. The lowest BCUT2D eigenvalue weighted by atomic mass is 9.95. The van der Waals surface area contributed by atoms with E-state index in [-0.39, 0.29) is 31.8 Å². The SMILES string of the molecule is CCCCCCCCCCCCCC(=O)O[C@H](CCCCCCCCCCC)CC(=O)N[C@H]1[C@H](OC[C@H]2O[C@H](O)[C@H](NC(=O)C[C@H](O)CCCCCCCCCCC)[C@@H](O)[C@@H]2O)O[C@H](CO)[C@@H](OP(=O)([O-])O)[C@@H]1OC(=O)C[C@@H](CCCCCCCCCCC)OC(=O)CCCCCCCCCCCCC.[NH4+]. The minimum atomic E-state index is -5.81. The molecule has 1 unspecified atom stereocenters. The molecular weight excluding hydrogens is 1380 g/mol. The molecule has 0 bridgehead atoms. The van der Waals surface area contributed by atoms with Crippen LogP contribution in [0.2, 0.25) is 0 Å². The molecule has 626 valence electrons. The Balaban J connectivity index is 0.0000562. The third-order valence-corrected chi connectivity index (χ3v) is 21.4. The van der Waals surface area contributed by atoms with Crippen LogP contribution in [0.25, 0.3) is 0 Å². The largest absolute Gasteiger partial charge is 0.756 e. The summed E-state index contributed by atoms with van der Waals surface area (Å²) >= 11 is 0. The highest BCUT2D eigenvalue weighted by atomic mass is 31.2. The summed E-state index contributed by atoms with van der Waals surface area (Å²) in [5, 5.41) is 61.2. The van der Waals surface area contributed by atoms with Gasteiger partial charge in [-0.1, -0.05) is 324 Å². The normalized spacial score (nSPS) is 21.7. The van der Waals surface area contributed by atoms with E-state index in [2.05, 4.69) is 45.3 Å². The highest BCUT2D eigenvalue weighted by Gasteiger charge is 2.53. The number of carbonyl (C=O) groups is 5. The number of amides is 2. The van der Waals surface area contributed by atoms with Crippen molar-refractivity contribution in [1.82, 2.24) is 16.8 Å². The molecule has 0 spiro atoms. The molecule has 0 aromatic heterocycles. The summed E-state index contributed by atoms with van der Waals surface area (Å²) in [5.41, 5.74) is 0. The lowest BCUT2D eigenvalue weighted by Crippen LogP contribution is -2.67. The van der Waals surface area contributed by atoms with Crippen LogP contribution in [0.5, 0.6) is 0 Å². The zero-order valence-electron chi connectivity index (χ0n) is 67.6. The van der Waals surface area contributed by atoms with Crippen LogP contribution in [-0.4, -0.2) is 153 Å². The molecule has 0 radical (unpaired) electrons. The monoisotopic (exact) mass is 1540 g/mol. The average Bonchev–Trinajstić information content (AvgIpc) is 0.771. The molecule has 14 atom stereocenters. The summed E-state index contributed by atoms with van der Waals surface area (Å²) < 4.78 is 54.5. The second-order valence-electron chi connectivity index (χ2n) is 30.7. The van der Waals surface area contributed by atoms with Crippen LogP contribution < -0.4 is 21.7 Å². The number of phosphoric ester groups is 1. The van der Waals surface area contributed by atoms with Crippen LogP contribution in [-0.2, 0) is 61.5 Å². The van der Waals surface area contributed by atoms with Gasteiger partial charge in [0, 0.05) is 12.8 Å². The number of hydrogen-bond donors (Lipinski definition) is 9. The molecule has 2 rings (SSSR count). The van der Waals surface area contributed by atoms with Gasteiger partial charge in [0.1, 0.15) is 54.8 Å². The van der Waals surface area contributed by atoms with Gasteiger partial charge in [-0.25, -0.2) is 0 Å². The predicted octanol–water partition coefficient (Wildman–Crippen LogP) is 16.8. The van der Waals surface area contributed by atoms with Gasteiger partial charge < -0.3 is 85.0 Å². The van der Waals surface area contributed by atoms with Crippen molar-refractivity contribution >= 4 is 37.5 Å². The van der Waals surface area contributed by atoms with Crippen molar-refractivity contribution in [3.05, 3.63) is 0 Å². The van der Waals surface area contributed by atoms with E-state index in [9.17, 15) is 63.9 Å². The Kier molecular flexibility index (Phi) is 63.6. The maximum atomic E-state index is 14.8. The van der Waals surface area contributed by atoms with Gasteiger partial charge in [0.15, 0.2) is 18.7 Å². The number of hydrogen-bond acceptors (Lipinski definition) is 19. The van der Waals surface area contributed by atoms with Crippen LogP contribution in [0.3, 0.4) is 0 Å². The maximum Gasteiger partial charge on any atom is 0.310 e. The number of phosphoric acid groups is 1. The van der Waals surface area contributed by atoms with E-state index < -0.39 is 143 Å². The minimum absolute atomic E-state index is 0. The van der Waals surface area contributed by atoms with E-state index in [1.54, 1.807) is 0 Å². The van der Waals surface area contributed by atoms with Crippen LogP contribution in [0.4, 0.5) is 0 Å². The lowest BCUT2D eigenvalue weighted by Gasteiger charge is -2.47. The Morgan fingerprint density at radius 1 is 0.425 bits per heavy atom. The summed E-state index contributed by atoms with van der Waals surface area (Å²) in [6.45, 7) is 9.15. The summed E-state index contributed by atoms with van der Waals surface area (Å²) in [4.78, 5) is 93.3. The van der Waals surface area contributed by atoms with Crippen LogP contribution in [0.1, 0.15) is 401 Å². The van der Waals surface area contributed by atoms with Crippen LogP contribution in [0, 0.1) is 0 Å². The molecule has 2 fully saturated rings. The number of aliphatic hydroxyl groups is 5. The van der Waals surface area contributed by atoms with Crippen molar-refractivity contribution in [2.75, 3.05) is 13.2 Å². The van der Waals surface area contributed by atoms with E-state index in [0.29, 0.717) is 44.9 Å². The van der Waals surface area contributed by atoms with Crippen molar-refractivity contribution in [1.29, 1.82) is 0 Å². The van der Waals surface area contributed by atoms with Gasteiger partial charge in [0.25, 0.3) is 7.82 Å². The average molecular weight is 1540 g/mol. The third kappa shape index (κ3) is 51.6. The number of rotatable bonds is 71. The highest BCUT2D eigenvalue weighted by molar-refractivity contribution is 7.44. The summed E-state index contributed by atoms with van der Waals surface area (Å²) in [7, 11) is -5.81. The molecule has 24 heteroatoms. The van der Waals surface area contributed by atoms with Gasteiger partial charge in [-0.2, -0.15) is 0 Å². The number of ether oxygens (including phenoxy) is 6. The summed E-state index contributed by atoms with van der Waals surface area (Å²) in [5.74, 6) is -3.51. The molecule has 0 aromatic carbocycles. The highest BCUT2D eigenvalue weighted by Crippen LogP contribution is 2.40. The van der Waals surface area contributed by atoms with E-state index >= 15 is 0 Å². The predicted molar refractivity (Wildman–Crippen MR) is 416 cm³/mol. The van der Waals surface area contributed by atoms with Gasteiger partial charge in [0.05, 0.1) is 38.6 Å². The van der Waals surface area contributed by atoms with Gasteiger partial charge >= 0.3 is 17.9 Å². The van der Waals surface area contributed by atoms with E-state index in [1.165, 1.54) is 128 Å². The first-order valence-corrected chi connectivity index (χ1v) is 44.4. The first kappa shape index (κ1) is 101. The smallest absolute Gasteiger partial charge is 0.310 e. The first-order valence-electron chi connectivity index (χ1n) is 43.0. The van der Waals surface area contributed by atoms with E-state index in [0.717, 1.165) is 154 Å². The van der Waals surface area contributed by atoms with Gasteiger partial charge in [-0.05, 0) is 44.9 Å². The molecule has 2 aliphatic rings. The number of esters is 3. The topological polar surface area (TPSA) is 372 Å². The standard InChI is InChI=1S/C82H155N2O20P.H3N/c1-6-11-16-21-26-31-33-38-43-48-53-58-72(89)99-66(56-51-46-41-36-29-24-19-14-9-4)61-71(88)84-76-80(103-74(91)62-67(57-52-47-42-37-30-25-20-15-10-5)100-73(90)59-54-49-44-39-34-32-27-22-17-12-7-2)79(104-105(95,96)97)68(63-85)102-82(76)98-64-69-77(92)78(93)75(81(94)101-69)83-70(87)60-65(86)55-50-45-40-35-28-23-18-13-8-3;/h65-69,75-82,85-86,92-94H,6-64H2,1-5H3,(H,83,87)(H,84,88)(H2,95,96,97);1H3/t65-,66-,67-,68-,69-,75-,76-,77-,78-,79-,80-,81+,82-;/m1./s1. The number of carbonyl (C=O) groups excluding carboxylic acids is 5.